The van der Waals surface area contributed by atoms with E-state index in [1.165, 1.54) is 19.3 Å². The Morgan fingerprint density at radius 3 is 2.79 bits per heavy atom. The van der Waals surface area contributed by atoms with Crippen LogP contribution in [-0.4, -0.2) is 17.1 Å². The van der Waals surface area contributed by atoms with Crippen molar-refractivity contribution < 1.29 is 9.90 Å². The van der Waals surface area contributed by atoms with Crippen molar-refractivity contribution in [2.45, 2.75) is 38.6 Å². The summed E-state index contributed by atoms with van der Waals surface area (Å²) < 4.78 is 0. The van der Waals surface area contributed by atoms with Gasteiger partial charge in [-0.2, -0.15) is 0 Å². The molecule has 0 spiro atoms. The minimum absolute atomic E-state index is 0.223. The third-order valence-corrected chi connectivity index (χ3v) is 4.25. The van der Waals surface area contributed by atoms with E-state index < -0.39 is 12.0 Å². The summed E-state index contributed by atoms with van der Waals surface area (Å²) in [5.74, 6) is 1.50. The summed E-state index contributed by atoms with van der Waals surface area (Å²) in [7, 11) is 0. The number of fused-ring (bicyclic) bond motifs is 2. The molecule has 3 heteroatoms. The Bertz CT molecular complexity index is 241. The average molecular weight is 197 g/mol. The van der Waals surface area contributed by atoms with Crippen LogP contribution >= 0.6 is 0 Å². The topological polar surface area (TPSA) is 63.3 Å². The molecule has 0 amide bonds. The van der Waals surface area contributed by atoms with Crippen molar-refractivity contribution in [1.29, 1.82) is 0 Å². The summed E-state index contributed by atoms with van der Waals surface area (Å²) in [5, 5.41) is 8.92. The first-order chi connectivity index (χ1) is 6.59. The van der Waals surface area contributed by atoms with Gasteiger partial charge < -0.3 is 10.8 Å². The molecule has 0 heterocycles. The molecule has 2 bridgehead atoms. The van der Waals surface area contributed by atoms with E-state index in [0.717, 1.165) is 12.3 Å². The second kappa shape index (κ2) is 3.54. The van der Waals surface area contributed by atoms with Crippen molar-refractivity contribution in [2.24, 2.45) is 29.4 Å². The molecule has 3 nitrogen and oxygen atoms in total. The van der Waals surface area contributed by atoms with Crippen LogP contribution in [0.4, 0.5) is 0 Å². The Labute approximate surface area is 84.7 Å². The Hall–Kier alpha value is -0.570. The number of hydrogen-bond acceptors (Lipinski definition) is 2. The lowest BCUT2D eigenvalue weighted by Crippen LogP contribution is -2.43. The molecule has 2 saturated carbocycles. The third kappa shape index (κ3) is 1.54. The van der Waals surface area contributed by atoms with Crippen LogP contribution < -0.4 is 5.73 Å². The van der Waals surface area contributed by atoms with Crippen molar-refractivity contribution in [3.63, 3.8) is 0 Å². The van der Waals surface area contributed by atoms with E-state index >= 15 is 0 Å². The van der Waals surface area contributed by atoms with Gasteiger partial charge in [-0.25, -0.2) is 0 Å². The molecule has 0 aromatic heterocycles. The first-order valence-electron chi connectivity index (χ1n) is 5.58. The quantitative estimate of drug-likeness (QED) is 0.704. The molecule has 5 atom stereocenters. The molecular weight excluding hydrogens is 178 g/mol. The van der Waals surface area contributed by atoms with Crippen LogP contribution in [-0.2, 0) is 4.79 Å². The van der Waals surface area contributed by atoms with Crippen molar-refractivity contribution in [3.05, 3.63) is 0 Å². The normalized spacial score (nSPS) is 43.6. The molecule has 0 aromatic carbocycles. The summed E-state index contributed by atoms with van der Waals surface area (Å²) in [6.07, 6.45) is 4.71. The zero-order valence-electron chi connectivity index (χ0n) is 8.65. The van der Waals surface area contributed by atoms with Crippen molar-refractivity contribution in [1.82, 2.24) is 0 Å². The van der Waals surface area contributed by atoms with Gasteiger partial charge in [0, 0.05) is 0 Å². The fourth-order valence-electron chi connectivity index (χ4n) is 3.52. The van der Waals surface area contributed by atoms with Crippen LogP contribution in [0.15, 0.2) is 0 Å². The van der Waals surface area contributed by atoms with Gasteiger partial charge in [0.15, 0.2) is 0 Å². The number of rotatable bonds is 2. The number of aliphatic carboxylic acids is 1. The summed E-state index contributed by atoms with van der Waals surface area (Å²) in [5.41, 5.74) is 5.74. The van der Waals surface area contributed by atoms with Crippen molar-refractivity contribution in [3.8, 4) is 0 Å². The van der Waals surface area contributed by atoms with Gasteiger partial charge in [-0.15, -0.1) is 0 Å². The summed E-state index contributed by atoms with van der Waals surface area (Å²) >= 11 is 0. The largest absolute Gasteiger partial charge is 0.480 e. The molecule has 2 rings (SSSR count). The van der Waals surface area contributed by atoms with E-state index in [2.05, 4.69) is 6.92 Å². The Morgan fingerprint density at radius 1 is 1.43 bits per heavy atom. The molecular formula is C11H19NO2. The molecule has 3 N–H and O–H groups in total. The minimum atomic E-state index is -0.826. The predicted octanol–water partition coefficient (Wildman–Crippen LogP) is 1.47. The lowest BCUT2D eigenvalue weighted by molar-refractivity contribution is -0.140. The Morgan fingerprint density at radius 2 is 2.14 bits per heavy atom. The average Bonchev–Trinajstić information content (AvgIpc) is 2.42. The molecule has 2 aliphatic rings. The van der Waals surface area contributed by atoms with Gasteiger partial charge in [0.2, 0.25) is 0 Å². The molecule has 0 aliphatic heterocycles. The first-order valence-corrected chi connectivity index (χ1v) is 5.58. The van der Waals surface area contributed by atoms with Crippen LogP contribution in [0.1, 0.15) is 32.6 Å². The smallest absolute Gasteiger partial charge is 0.320 e. The minimum Gasteiger partial charge on any atom is -0.480 e. The van der Waals surface area contributed by atoms with Crippen LogP contribution in [0.25, 0.3) is 0 Å². The van der Waals surface area contributed by atoms with E-state index in [1.807, 2.05) is 0 Å². The fourth-order valence-corrected chi connectivity index (χ4v) is 3.52. The van der Waals surface area contributed by atoms with Crippen molar-refractivity contribution in [2.75, 3.05) is 0 Å². The SMILES string of the molecule is CC1CC2CCC(C(N)C(=O)O)C1C2. The number of carboxylic acid groups (broad SMARTS) is 1. The van der Waals surface area contributed by atoms with Crippen LogP contribution in [0.3, 0.4) is 0 Å². The zero-order valence-corrected chi connectivity index (χ0v) is 8.65. The van der Waals surface area contributed by atoms with E-state index in [9.17, 15) is 4.79 Å². The number of hydrogen-bond donors (Lipinski definition) is 2. The molecule has 0 aromatic rings. The van der Waals surface area contributed by atoms with E-state index in [1.54, 1.807) is 0 Å². The zero-order chi connectivity index (χ0) is 10.3. The summed E-state index contributed by atoms with van der Waals surface area (Å²) in [6, 6.07) is -0.638. The maximum Gasteiger partial charge on any atom is 0.320 e. The maximum absolute atomic E-state index is 10.9. The van der Waals surface area contributed by atoms with Gasteiger partial charge >= 0.3 is 5.97 Å². The highest BCUT2D eigenvalue weighted by atomic mass is 16.4. The molecule has 2 fully saturated rings. The van der Waals surface area contributed by atoms with E-state index in [4.69, 9.17) is 10.8 Å². The van der Waals surface area contributed by atoms with E-state index in [0.29, 0.717) is 11.8 Å². The van der Waals surface area contributed by atoms with Gasteiger partial charge in [-0.3, -0.25) is 4.79 Å². The van der Waals surface area contributed by atoms with Crippen LogP contribution in [0, 0.1) is 23.7 Å². The standard InChI is InChI=1S/C11H19NO2/c1-6-4-7-2-3-8(9(6)5-7)10(12)11(13)14/h6-10H,2-5,12H2,1H3,(H,13,14). The van der Waals surface area contributed by atoms with Crippen molar-refractivity contribution >= 4 is 5.97 Å². The van der Waals surface area contributed by atoms with Gasteiger partial charge in [0.25, 0.3) is 0 Å². The fraction of sp³-hybridized carbons (Fsp3) is 0.909. The highest BCUT2D eigenvalue weighted by Crippen LogP contribution is 2.49. The van der Waals surface area contributed by atoms with Gasteiger partial charge in [0.05, 0.1) is 0 Å². The predicted molar refractivity (Wildman–Crippen MR) is 53.7 cm³/mol. The highest BCUT2D eigenvalue weighted by molar-refractivity contribution is 5.73. The monoisotopic (exact) mass is 197 g/mol. The highest BCUT2D eigenvalue weighted by Gasteiger charge is 2.44. The number of nitrogens with two attached hydrogens (primary N) is 1. The van der Waals surface area contributed by atoms with Gasteiger partial charge in [-0.05, 0) is 42.9 Å². The van der Waals surface area contributed by atoms with E-state index in [-0.39, 0.29) is 5.92 Å². The lowest BCUT2D eigenvalue weighted by atomic mass is 9.74. The lowest BCUT2D eigenvalue weighted by Gasteiger charge is -2.32. The molecule has 14 heavy (non-hydrogen) atoms. The first kappa shape index (κ1) is 9.97. The Balaban J connectivity index is 2.09. The summed E-state index contributed by atoms with van der Waals surface area (Å²) in [4.78, 5) is 10.9. The van der Waals surface area contributed by atoms with Gasteiger partial charge in [0.1, 0.15) is 6.04 Å². The molecule has 0 radical (unpaired) electrons. The summed E-state index contributed by atoms with van der Waals surface area (Å²) in [6.45, 7) is 2.25. The van der Waals surface area contributed by atoms with Crippen LogP contribution in [0.5, 0.6) is 0 Å². The second-order valence-electron chi connectivity index (χ2n) is 5.08. The third-order valence-electron chi connectivity index (χ3n) is 4.25. The van der Waals surface area contributed by atoms with Crippen LogP contribution in [0.2, 0.25) is 0 Å². The molecule has 2 aliphatic carbocycles. The second-order valence-corrected chi connectivity index (χ2v) is 5.08. The maximum atomic E-state index is 10.9. The molecule has 5 unspecified atom stereocenters. The van der Waals surface area contributed by atoms with Gasteiger partial charge in [-0.1, -0.05) is 13.3 Å². The number of carbonyl (C=O) groups is 1. The molecule has 0 saturated heterocycles. The Kier molecular flexibility index (Phi) is 2.52. The molecule has 80 valence electrons. The number of carboxylic acids is 1.